The van der Waals surface area contributed by atoms with Gasteiger partial charge in [0.2, 0.25) is 5.91 Å². The van der Waals surface area contributed by atoms with E-state index in [2.05, 4.69) is 10.2 Å². The number of likely N-dealkylation sites (N-methyl/N-ethyl adjacent to an activating group) is 2. The molecule has 0 aromatic carbocycles. The lowest BCUT2D eigenvalue weighted by Gasteiger charge is -2.22. The minimum Gasteiger partial charge on any atom is -0.395 e. The number of nitrogens with one attached hydrogen (secondary N) is 1. The molecule has 118 valence electrons. The minimum atomic E-state index is -0.341. The highest BCUT2D eigenvalue weighted by molar-refractivity contribution is 5.99. The first-order valence-electron chi connectivity index (χ1n) is 7.32. The van der Waals surface area contributed by atoms with E-state index in [0.717, 1.165) is 18.5 Å². The molecule has 0 radical (unpaired) electrons. The zero-order valence-corrected chi connectivity index (χ0v) is 13.3. The van der Waals surface area contributed by atoms with Gasteiger partial charge in [-0.2, -0.15) is 5.10 Å². The number of amides is 2. The third kappa shape index (κ3) is 3.96. The molecule has 1 aromatic heterocycles. The fraction of sp³-hybridized carbons (Fsp3) is 0.643. The number of aromatic amines is 1. The van der Waals surface area contributed by atoms with Crippen molar-refractivity contribution in [3.63, 3.8) is 0 Å². The molecule has 0 unspecified atom stereocenters. The normalized spacial score (nSPS) is 10.5. The van der Waals surface area contributed by atoms with Crippen LogP contribution in [0.2, 0.25) is 0 Å². The summed E-state index contributed by atoms with van der Waals surface area (Å²) in [5.74, 6) is -0.426. The Morgan fingerprint density at radius 2 is 1.86 bits per heavy atom. The van der Waals surface area contributed by atoms with Crippen molar-refractivity contribution in [2.45, 2.75) is 33.6 Å². The predicted molar refractivity (Wildman–Crippen MR) is 81.9 cm³/mol. The number of aromatic nitrogens is 2. The number of rotatable bonds is 7. The van der Waals surface area contributed by atoms with E-state index in [0.29, 0.717) is 18.8 Å². The number of nitrogens with zero attached hydrogens (tertiary/aromatic N) is 3. The van der Waals surface area contributed by atoms with Crippen molar-refractivity contribution >= 4 is 17.5 Å². The van der Waals surface area contributed by atoms with E-state index in [1.54, 1.807) is 11.9 Å². The van der Waals surface area contributed by atoms with Gasteiger partial charge in [-0.15, -0.1) is 0 Å². The highest BCUT2D eigenvalue weighted by Gasteiger charge is 2.23. The van der Waals surface area contributed by atoms with E-state index in [9.17, 15) is 9.59 Å². The molecule has 0 spiro atoms. The monoisotopic (exact) mass is 295 g/mol. The van der Waals surface area contributed by atoms with E-state index >= 15 is 0 Å². The van der Waals surface area contributed by atoms with Gasteiger partial charge in [-0.1, -0.05) is 13.3 Å². The smallest absolute Gasteiger partial charge is 0.276 e. The van der Waals surface area contributed by atoms with Crippen LogP contribution >= 0.6 is 0 Å². The molecule has 1 aromatic rings. The van der Waals surface area contributed by atoms with Crippen LogP contribution < -0.4 is 5.73 Å². The number of hydrogen-bond acceptors (Lipinski definition) is 4. The molecule has 0 atom stereocenters. The Kier molecular flexibility index (Phi) is 6.20. The Balaban J connectivity index is 2.77. The number of nitrogens with two attached hydrogens (primary N) is 1. The van der Waals surface area contributed by atoms with Crippen LogP contribution in [0, 0.1) is 0 Å². The van der Waals surface area contributed by atoms with Gasteiger partial charge in [-0.05, 0) is 20.3 Å². The highest BCUT2D eigenvalue weighted by atomic mass is 16.2. The molecule has 0 aliphatic carbocycles. The van der Waals surface area contributed by atoms with Crippen LogP contribution in [0.5, 0.6) is 0 Å². The third-order valence-electron chi connectivity index (χ3n) is 3.42. The average molecular weight is 295 g/mol. The second-order valence-corrected chi connectivity index (χ2v) is 4.94. The van der Waals surface area contributed by atoms with Gasteiger partial charge in [0, 0.05) is 20.1 Å². The molecule has 1 heterocycles. The quantitative estimate of drug-likeness (QED) is 0.780. The van der Waals surface area contributed by atoms with Crippen molar-refractivity contribution in [3.05, 3.63) is 11.4 Å². The number of anilines is 1. The van der Waals surface area contributed by atoms with E-state index < -0.39 is 0 Å². The van der Waals surface area contributed by atoms with Crippen molar-refractivity contribution in [3.8, 4) is 0 Å². The van der Waals surface area contributed by atoms with E-state index in [1.165, 1.54) is 4.90 Å². The molecule has 0 fully saturated rings. The largest absolute Gasteiger partial charge is 0.395 e. The molecular weight excluding hydrogens is 270 g/mol. The maximum absolute atomic E-state index is 12.3. The third-order valence-corrected chi connectivity index (χ3v) is 3.42. The first-order chi connectivity index (χ1) is 9.96. The molecule has 0 saturated heterocycles. The van der Waals surface area contributed by atoms with E-state index in [1.807, 2.05) is 20.8 Å². The van der Waals surface area contributed by atoms with E-state index in [-0.39, 0.29) is 24.1 Å². The van der Waals surface area contributed by atoms with Crippen LogP contribution in [-0.4, -0.2) is 58.5 Å². The Morgan fingerprint density at radius 3 is 2.38 bits per heavy atom. The number of nitrogen functional groups attached to an aromatic ring is 1. The predicted octanol–water partition coefficient (Wildman–Crippen LogP) is 0.885. The van der Waals surface area contributed by atoms with Crippen molar-refractivity contribution in [1.29, 1.82) is 0 Å². The van der Waals surface area contributed by atoms with Gasteiger partial charge in [-0.3, -0.25) is 14.7 Å². The molecular formula is C14H25N5O2. The first kappa shape index (κ1) is 17.0. The van der Waals surface area contributed by atoms with Gasteiger partial charge in [0.05, 0.1) is 17.9 Å². The average Bonchev–Trinajstić information content (AvgIpc) is 2.81. The Morgan fingerprint density at radius 1 is 1.24 bits per heavy atom. The molecule has 0 saturated carbocycles. The second-order valence-electron chi connectivity index (χ2n) is 4.94. The summed E-state index contributed by atoms with van der Waals surface area (Å²) in [6.45, 7) is 7.12. The molecule has 1 rings (SSSR count). The molecule has 7 nitrogen and oxygen atoms in total. The van der Waals surface area contributed by atoms with Crippen LogP contribution in [0.25, 0.3) is 0 Å². The highest BCUT2D eigenvalue weighted by Crippen LogP contribution is 2.17. The Hall–Kier alpha value is -2.05. The summed E-state index contributed by atoms with van der Waals surface area (Å²) in [5.41, 5.74) is 7.27. The van der Waals surface area contributed by atoms with Crippen LogP contribution in [0.1, 0.15) is 43.4 Å². The number of H-pyrrole nitrogens is 1. The molecule has 21 heavy (non-hydrogen) atoms. The van der Waals surface area contributed by atoms with Crippen molar-refractivity contribution in [2.75, 3.05) is 32.4 Å². The van der Waals surface area contributed by atoms with Gasteiger partial charge in [0.1, 0.15) is 0 Å². The standard InChI is InChI=1S/C14H25N5O2/c1-5-8-10-12(15)13(17-16-10)14(21)18(4)9-11(20)19(6-2)7-3/h5-9,15H2,1-4H3,(H,16,17). The number of aryl methyl sites for hydroxylation is 1. The van der Waals surface area contributed by atoms with Crippen LogP contribution in [0.15, 0.2) is 0 Å². The topological polar surface area (TPSA) is 95.3 Å². The molecule has 3 N–H and O–H groups in total. The van der Waals surface area contributed by atoms with Gasteiger partial charge in [0.15, 0.2) is 5.69 Å². The van der Waals surface area contributed by atoms with Crippen LogP contribution in [0.4, 0.5) is 5.69 Å². The summed E-state index contributed by atoms with van der Waals surface area (Å²) < 4.78 is 0. The SMILES string of the molecule is CCCc1[nH]nc(C(=O)N(C)CC(=O)N(CC)CC)c1N. The summed E-state index contributed by atoms with van der Waals surface area (Å²) in [4.78, 5) is 27.4. The Labute approximate surface area is 125 Å². The summed E-state index contributed by atoms with van der Waals surface area (Å²) in [6, 6.07) is 0. The number of hydrogen-bond donors (Lipinski definition) is 2. The maximum Gasteiger partial charge on any atom is 0.276 e. The minimum absolute atomic E-state index is 0.0237. The van der Waals surface area contributed by atoms with Gasteiger partial charge < -0.3 is 15.5 Å². The second kappa shape index (κ2) is 7.66. The molecule has 7 heteroatoms. The van der Waals surface area contributed by atoms with Crippen molar-refractivity contribution in [1.82, 2.24) is 20.0 Å². The summed E-state index contributed by atoms with van der Waals surface area (Å²) >= 11 is 0. The molecule has 0 aliphatic heterocycles. The lowest BCUT2D eigenvalue weighted by molar-refractivity contribution is -0.131. The summed E-state index contributed by atoms with van der Waals surface area (Å²) in [5, 5.41) is 6.77. The zero-order valence-electron chi connectivity index (χ0n) is 13.3. The fourth-order valence-corrected chi connectivity index (χ4v) is 2.12. The molecule has 0 aliphatic rings. The summed E-state index contributed by atoms with van der Waals surface area (Å²) in [6.07, 6.45) is 1.66. The summed E-state index contributed by atoms with van der Waals surface area (Å²) in [7, 11) is 1.58. The Bertz CT molecular complexity index is 494. The van der Waals surface area contributed by atoms with Gasteiger partial charge >= 0.3 is 0 Å². The van der Waals surface area contributed by atoms with Gasteiger partial charge in [0.25, 0.3) is 5.91 Å². The first-order valence-corrected chi connectivity index (χ1v) is 7.32. The zero-order chi connectivity index (χ0) is 16.0. The van der Waals surface area contributed by atoms with Crippen molar-refractivity contribution < 1.29 is 9.59 Å². The number of carbonyl (C=O) groups excluding carboxylic acids is 2. The van der Waals surface area contributed by atoms with E-state index in [4.69, 9.17) is 5.73 Å². The fourth-order valence-electron chi connectivity index (χ4n) is 2.12. The van der Waals surface area contributed by atoms with Crippen LogP contribution in [-0.2, 0) is 11.2 Å². The van der Waals surface area contributed by atoms with Crippen molar-refractivity contribution in [2.24, 2.45) is 0 Å². The van der Waals surface area contributed by atoms with Gasteiger partial charge in [-0.25, -0.2) is 0 Å². The number of carbonyl (C=O) groups is 2. The molecule has 2 amide bonds. The lowest BCUT2D eigenvalue weighted by Crippen LogP contribution is -2.41. The van der Waals surface area contributed by atoms with Crippen LogP contribution in [0.3, 0.4) is 0 Å². The molecule has 0 bridgehead atoms. The maximum atomic E-state index is 12.3. The lowest BCUT2D eigenvalue weighted by atomic mass is 10.2.